The number of rotatable bonds is 4. The van der Waals surface area contributed by atoms with Crippen LogP contribution >= 0.6 is 0 Å². The van der Waals surface area contributed by atoms with Gasteiger partial charge in [0.1, 0.15) is 12.6 Å². The summed E-state index contributed by atoms with van der Waals surface area (Å²) in [4.78, 5) is 24.4. The van der Waals surface area contributed by atoms with Crippen LogP contribution < -0.4 is 0 Å². The van der Waals surface area contributed by atoms with E-state index in [1.807, 2.05) is 18.2 Å². The van der Waals surface area contributed by atoms with Crippen LogP contribution in [-0.4, -0.2) is 45.4 Å². The molecule has 6 heteroatoms. The van der Waals surface area contributed by atoms with Crippen molar-refractivity contribution in [1.82, 2.24) is 4.90 Å². The van der Waals surface area contributed by atoms with Gasteiger partial charge in [-0.15, -0.1) is 12.3 Å². The van der Waals surface area contributed by atoms with Gasteiger partial charge in [0.25, 0.3) is 0 Å². The summed E-state index contributed by atoms with van der Waals surface area (Å²) in [6.45, 7) is -0.113. The predicted molar refractivity (Wildman–Crippen MR) is 77.8 cm³/mol. The van der Waals surface area contributed by atoms with Gasteiger partial charge in [-0.25, -0.2) is 9.59 Å². The summed E-state index contributed by atoms with van der Waals surface area (Å²) in [5.41, 5.74) is -0.593. The largest absolute Gasteiger partial charge is 0.480 e. The summed E-state index contributed by atoms with van der Waals surface area (Å²) in [6, 6.07) is 7.91. The van der Waals surface area contributed by atoms with Crippen molar-refractivity contribution in [3.63, 3.8) is 0 Å². The molecule has 0 bridgehead atoms. The minimum absolute atomic E-state index is 0.0146. The maximum absolute atomic E-state index is 12.1. The number of amides is 1. The minimum atomic E-state index is -1.39. The first kappa shape index (κ1) is 15.9. The lowest BCUT2D eigenvalue weighted by Gasteiger charge is -2.22. The quantitative estimate of drug-likeness (QED) is 0.817. The number of terminal acetylenes is 1. The zero-order valence-corrected chi connectivity index (χ0v) is 11.9. The third-order valence-corrected chi connectivity index (χ3v) is 3.57. The molecule has 0 spiro atoms. The van der Waals surface area contributed by atoms with Crippen molar-refractivity contribution < 1.29 is 24.5 Å². The number of aliphatic hydroxyl groups is 1. The van der Waals surface area contributed by atoms with E-state index in [2.05, 4.69) is 5.92 Å². The number of nitrogens with zero attached hydrogens (tertiary/aromatic N) is 1. The van der Waals surface area contributed by atoms with Crippen LogP contribution in [0, 0.1) is 12.3 Å². The first-order valence-corrected chi connectivity index (χ1v) is 6.81. The lowest BCUT2D eigenvalue weighted by atomic mass is 9.97. The minimum Gasteiger partial charge on any atom is -0.480 e. The third kappa shape index (κ3) is 3.57. The zero-order chi connectivity index (χ0) is 16.2. The summed E-state index contributed by atoms with van der Waals surface area (Å²) in [6.07, 6.45) is 4.29. The molecule has 0 radical (unpaired) electrons. The second-order valence-corrected chi connectivity index (χ2v) is 5.33. The lowest BCUT2D eigenvalue weighted by molar-refractivity contribution is -0.141. The van der Waals surface area contributed by atoms with Gasteiger partial charge in [0, 0.05) is 12.8 Å². The number of ether oxygens (including phenoxy) is 1. The molecule has 1 aromatic rings. The number of hydrogen-bond acceptors (Lipinski definition) is 4. The average Bonchev–Trinajstić information content (AvgIpc) is 2.84. The van der Waals surface area contributed by atoms with Gasteiger partial charge in [0.2, 0.25) is 0 Å². The average molecular weight is 303 g/mol. The molecule has 2 rings (SSSR count). The van der Waals surface area contributed by atoms with Crippen LogP contribution in [0.5, 0.6) is 0 Å². The van der Waals surface area contributed by atoms with E-state index in [0.29, 0.717) is 0 Å². The van der Waals surface area contributed by atoms with Gasteiger partial charge in [0.15, 0.2) is 0 Å². The smallest absolute Gasteiger partial charge is 0.410 e. The van der Waals surface area contributed by atoms with E-state index >= 15 is 0 Å². The number of carboxylic acid groups (broad SMARTS) is 1. The van der Waals surface area contributed by atoms with E-state index in [9.17, 15) is 19.8 Å². The number of carbonyl (C=O) groups is 2. The Balaban J connectivity index is 2.03. The summed E-state index contributed by atoms with van der Waals surface area (Å²) in [5, 5.41) is 19.5. The fourth-order valence-electron chi connectivity index (χ4n) is 2.49. The predicted octanol–water partition coefficient (Wildman–Crippen LogP) is 1.24. The molecule has 22 heavy (non-hydrogen) atoms. The molecule has 2 N–H and O–H groups in total. The Morgan fingerprint density at radius 2 is 2.09 bits per heavy atom. The summed E-state index contributed by atoms with van der Waals surface area (Å²) < 4.78 is 5.12. The number of likely N-dealkylation sites (tertiary alicyclic amines) is 1. The maximum Gasteiger partial charge on any atom is 0.410 e. The summed E-state index contributed by atoms with van der Waals surface area (Å²) >= 11 is 0. The zero-order valence-electron chi connectivity index (χ0n) is 11.9. The highest BCUT2D eigenvalue weighted by molar-refractivity contribution is 5.81. The topological polar surface area (TPSA) is 87.1 Å². The highest BCUT2D eigenvalue weighted by atomic mass is 16.6. The van der Waals surface area contributed by atoms with E-state index in [0.717, 1.165) is 10.5 Å². The first-order valence-electron chi connectivity index (χ1n) is 6.81. The second-order valence-electron chi connectivity index (χ2n) is 5.33. The van der Waals surface area contributed by atoms with Gasteiger partial charge in [-0.05, 0) is 5.56 Å². The van der Waals surface area contributed by atoms with Gasteiger partial charge >= 0.3 is 12.1 Å². The van der Waals surface area contributed by atoms with E-state index < -0.39 is 23.7 Å². The molecular weight excluding hydrogens is 286 g/mol. The Morgan fingerprint density at radius 1 is 1.41 bits per heavy atom. The van der Waals surface area contributed by atoms with Crippen molar-refractivity contribution in [2.75, 3.05) is 6.54 Å². The van der Waals surface area contributed by atoms with Gasteiger partial charge in [-0.1, -0.05) is 30.3 Å². The number of hydrogen-bond donors (Lipinski definition) is 2. The Labute approximate surface area is 128 Å². The standard InChI is InChI=1S/C16H17NO5/c1-2-8-16(21)9-13(14(18)19)17(11-16)15(20)22-10-12-6-4-3-5-7-12/h1,3-7,13,21H,8-11H2,(H,18,19)/t13-,16?/m0/s1. The molecule has 6 nitrogen and oxygen atoms in total. The number of aliphatic carboxylic acids is 1. The monoisotopic (exact) mass is 303 g/mol. The van der Waals surface area contributed by atoms with Crippen LogP contribution in [0.1, 0.15) is 18.4 Å². The molecule has 1 aliphatic heterocycles. The van der Waals surface area contributed by atoms with Crippen LogP contribution in [0.15, 0.2) is 30.3 Å². The fraction of sp³-hybridized carbons (Fsp3) is 0.375. The van der Waals surface area contributed by atoms with E-state index in [-0.39, 0.29) is 26.0 Å². The van der Waals surface area contributed by atoms with Crippen molar-refractivity contribution in [1.29, 1.82) is 0 Å². The van der Waals surface area contributed by atoms with Gasteiger partial charge in [-0.2, -0.15) is 0 Å². The molecule has 1 heterocycles. The van der Waals surface area contributed by atoms with Crippen LogP contribution in [0.2, 0.25) is 0 Å². The molecule has 0 aliphatic carbocycles. The van der Waals surface area contributed by atoms with Crippen molar-refractivity contribution in [3.05, 3.63) is 35.9 Å². The number of benzene rings is 1. The Hall–Kier alpha value is -2.52. The molecule has 1 amide bonds. The number of β-amino-alcohol motifs (C(OH)–C–C–N with tert-alkyl or cyclic N) is 1. The molecule has 0 aromatic heterocycles. The number of carbonyl (C=O) groups excluding carboxylic acids is 1. The Morgan fingerprint density at radius 3 is 2.68 bits per heavy atom. The van der Waals surface area contributed by atoms with Crippen molar-refractivity contribution in [2.45, 2.75) is 31.1 Å². The SMILES string of the molecule is C#CCC1(O)C[C@@H](C(=O)O)N(C(=O)OCc2ccccc2)C1. The lowest BCUT2D eigenvalue weighted by Crippen LogP contribution is -2.41. The molecule has 1 saturated heterocycles. The van der Waals surface area contributed by atoms with Gasteiger partial charge in [-0.3, -0.25) is 4.90 Å². The van der Waals surface area contributed by atoms with Crippen LogP contribution in [0.4, 0.5) is 4.79 Å². The molecule has 1 aromatic carbocycles. The van der Waals surface area contributed by atoms with Crippen molar-refractivity contribution in [3.8, 4) is 12.3 Å². The van der Waals surface area contributed by atoms with E-state index in [1.54, 1.807) is 12.1 Å². The van der Waals surface area contributed by atoms with Crippen LogP contribution in [-0.2, 0) is 16.1 Å². The molecule has 1 aliphatic rings. The first-order chi connectivity index (χ1) is 10.4. The fourth-order valence-corrected chi connectivity index (χ4v) is 2.49. The second kappa shape index (κ2) is 6.50. The van der Waals surface area contributed by atoms with Gasteiger partial charge < -0.3 is 14.9 Å². The van der Waals surface area contributed by atoms with E-state index in [1.165, 1.54) is 0 Å². The maximum atomic E-state index is 12.1. The van der Waals surface area contributed by atoms with Crippen molar-refractivity contribution >= 4 is 12.1 Å². The van der Waals surface area contributed by atoms with Crippen molar-refractivity contribution in [2.24, 2.45) is 0 Å². The molecule has 2 atom stereocenters. The summed E-state index contributed by atoms with van der Waals surface area (Å²) in [7, 11) is 0. The molecular formula is C16H17NO5. The normalized spacial score (nSPS) is 23.8. The molecule has 1 unspecified atom stereocenters. The Kier molecular flexibility index (Phi) is 4.68. The molecule has 1 fully saturated rings. The third-order valence-electron chi connectivity index (χ3n) is 3.57. The molecule has 116 valence electrons. The van der Waals surface area contributed by atoms with Crippen LogP contribution in [0.25, 0.3) is 0 Å². The highest BCUT2D eigenvalue weighted by Crippen LogP contribution is 2.30. The number of carboxylic acids is 1. The highest BCUT2D eigenvalue weighted by Gasteiger charge is 2.48. The molecule has 0 saturated carbocycles. The Bertz CT molecular complexity index is 594. The van der Waals surface area contributed by atoms with E-state index in [4.69, 9.17) is 11.2 Å². The van der Waals surface area contributed by atoms with Crippen LogP contribution in [0.3, 0.4) is 0 Å². The summed E-state index contributed by atoms with van der Waals surface area (Å²) in [5.74, 6) is 1.12. The van der Waals surface area contributed by atoms with Gasteiger partial charge in [0.05, 0.1) is 12.1 Å².